The molecule has 0 aromatic heterocycles. The predicted octanol–water partition coefficient (Wildman–Crippen LogP) is 4.56. The molecule has 0 aliphatic rings. The molecule has 2 aromatic rings. The summed E-state index contributed by atoms with van der Waals surface area (Å²) in [6.45, 7) is 1.66. The summed E-state index contributed by atoms with van der Waals surface area (Å²) < 4.78 is 19.5. The van der Waals surface area contributed by atoms with Crippen LogP contribution in [0.25, 0.3) is 0 Å². The van der Waals surface area contributed by atoms with Crippen molar-refractivity contribution in [1.82, 2.24) is 0 Å². The summed E-state index contributed by atoms with van der Waals surface area (Å²) in [6, 6.07) is 11.7. The average molecular weight is 306 g/mol. The van der Waals surface area contributed by atoms with Gasteiger partial charge in [0.05, 0.1) is 5.56 Å². The molecule has 0 atom stereocenters. The summed E-state index contributed by atoms with van der Waals surface area (Å²) in [4.78, 5) is 0. The zero-order valence-corrected chi connectivity index (χ0v) is 11.2. The summed E-state index contributed by atoms with van der Waals surface area (Å²) in [7, 11) is 0. The van der Waals surface area contributed by atoms with Crippen molar-refractivity contribution in [2.24, 2.45) is 0 Å². The Bertz CT molecular complexity index is 634. The smallest absolute Gasteiger partial charge is 0.145 e. The normalized spacial score (nSPS) is 9.89. The standard InChI is InChI=1S/C14H9BrFNO/c1-9-6-12(3-4-13(9)16)18-14-5-2-11(15)7-10(14)8-17/h2-7H,1H3. The molecule has 0 saturated carbocycles. The Morgan fingerprint density at radius 3 is 2.67 bits per heavy atom. The van der Waals surface area contributed by atoms with Crippen molar-refractivity contribution in [3.63, 3.8) is 0 Å². The Kier molecular flexibility index (Phi) is 3.63. The molecule has 0 N–H and O–H groups in total. The maximum atomic E-state index is 13.1. The fraction of sp³-hybridized carbons (Fsp3) is 0.0714. The van der Waals surface area contributed by atoms with Crippen molar-refractivity contribution >= 4 is 15.9 Å². The molecule has 0 amide bonds. The van der Waals surface area contributed by atoms with E-state index in [-0.39, 0.29) is 5.82 Å². The molecule has 4 heteroatoms. The lowest BCUT2D eigenvalue weighted by Gasteiger charge is -2.08. The van der Waals surface area contributed by atoms with Gasteiger partial charge in [-0.15, -0.1) is 0 Å². The molecule has 18 heavy (non-hydrogen) atoms. The molecule has 0 heterocycles. The van der Waals surface area contributed by atoms with Gasteiger partial charge in [0.25, 0.3) is 0 Å². The van der Waals surface area contributed by atoms with Crippen molar-refractivity contribution in [2.75, 3.05) is 0 Å². The van der Waals surface area contributed by atoms with Gasteiger partial charge in [-0.3, -0.25) is 0 Å². The lowest BCUT2D eigenvalue weighted by atomic mass is 10.2. The van der Waals surface area contributed by atoms with Gasteiger partial charge in [-0.25, -0.2) is 4.39 Å². The number of nitrogens with zero attached hydrogens (tertiary/aromatic N) is 1. The fourth-order valence-electron chi connectivity index (χ4n) is 1.49. The number of halogens is 2. The van der Waals surface area contributed by atoms with Gasteiger partial charge in [-0.2, -0.15) is 5.26 Å². The SMILES string of the molecule is Cc1cc(Oc2ccc(Br)cc2C#N)ccc1F. The number of nitriles is 1. The number of benzene rings is 2. The Morgan fingerprint density at radius 1 is 1.22 bits per heavy atom. The highest BCUT2D eigenvalue weighted by atomic mass is 79.9. The average Bonchev–Trinajstić information content (AvgIpc) is 2.36. The predicted molar refractivity (Wildman–Crippen MR) is 70.1 cm³/mol. The summed E-state index contributed by atoms with van der Waals surface area (Å²) in [6.07, 6.45) is 0. The van der Waals surface area contributed by atoms with Crippen molar-refractivity contribution in [1.29, 1.82) is 5.26 Å². The topological polar surface area (TPSA) is 33.0 Å². The van der Waals surface area contributed by atoms with Gasteiger partial charge >= 0.3 is 0 Å². The van der Waals surface area contributed by atoms with Crippen LogP contribution in [0.4, 0.5) is 4.39 Å². The molecule has 0 unspecified atom stereocenters. The monoisotopic (exact) mass is 305 g/mol. The number of aryl methyl sites for hydroxylation is 1. The van der Waals surface area contributed by atoms with Crippen molar-refractivity contribution < 1.29 is 9.13 Å². The minimum Gasteiger partial charge on any atom is -0.456 e. The molecule has 2 nitrogen and oxygen atoms in total. The number of hydrogen-bond donors (Lipinski definition) is 0. The second kappa shape index (κ2) is 5.19. The maximum Gasteiger partial charge on any atom is 0.145 e. The molecule has 0 aliphatic carbocycles. The van der Waals surface area contributed by atoms with Gasteiger partial charge in [0.2, 0.25) is 0 Å². The summed E-state index contributed by atoms with van der Waals surface area (Å²) in [5.41, 5.74) is 0.925. The van der Waals surface area contributed by atoms with Crippen LogP contribution in [0.3, 0.4) is 0 Å². The lowest BCUT2D eigenvalue weighted by Crippen LogP contribution is -1.90. The largest absolute Gasteiger partial charge is 0.456 e. The molecule has 2 aromatic carbocycles. The minimum atomic E-state index is -0.279. The summed E-state index contributed by atoms with van der Waals surface area (Å²) >= 11 is 3.29. The first-order valence-corrected chi connectivity index (χ1v) is 6.03. The molecule has 0 radical (unpaired) electrons. The van der Waals surface area contributed by atoms with Crippen molar-refractivity contribution in [2.45, 2.75) is 6.92 Å². The van der Waals surface area contributed by atoms with Crippen molar-refractivity contribution in [3.8, 4) is 17.6 Å². The van der Waals surface area contributed by atoms with E-state index < -0.39 is 0 Å². The molecule has 0 aliphatic heterocycles. The Morgan fingerprint density at radius 2 is 2.00 bits per heavy atom. The van der Waals surface area contributed by atoms with Crippen LogP contribution in [-0.2, 0) is 0 Å². The van der Waals surface area contributed by atoms with E-state index in [4.69, 9.17) is 10.00 Å². The zero-order chi connectivity index (χ0) is 13.1. The third-order valence-electron chi connectivity index (χ3n) is 2.42. The Labute approximate surface area is 113 Å². The van der Waals surface area contributed by atoms with E-state index in [2.05, 4.69) is 22.0 Å². The quantitative estimate of drug-likeness (QED) is 0.815. The van der Waals surface area contributed by atoms with E-state index in [1.165, 1.54) is 12.1 Å². The van der Waals surface area contributed by atoms with E-state index in [1.54, 1.807) is 31.2 Å². The van der Waals surface area contributed by atoms with Crippen LogP contribution in [-0.4, -0.2) is 0 Å². The molecule has 0 fully saturated rings. The summed E-state index contributed by atoms with van der Waals surface area (Å²) in [5.74, 6) is 0.679. The van der Waals surface area contributed by atoms with Crippen molar-refractivity contribution in [3.05, 3.63) is 57.8 Å². The number of rotatable bonds is 2. The van der Waals surface area contributed by atoms with Gasteiger partial charge in [-0.1, -0.05) is 15.9 Å². The van der Waals surface area contributed by atoms with E-state index in [0.717, 1.165) is 4.47 Å². The molecule has 0 spiro atoms. The fourth-order valence-corrected chi connectivity index (χ4v) is 1.85. The van der Waals surface area contributed by atoms with E-state index in [1.807, 2.05) is 0 Å². The van der Waals surface area contributed by atoms with Gasteiger partial charge in [0.15, 0.2) is 0 Å². The van der Waals surface area contributed by atoms with Gasteiger partial charge in [0, 0.05) is 4.47 Å². The molecule has 0 saturated heterocycles. The lowest BCUT2D eigenvalue weighted by molar-refractivity contribution is 0.478. The third kappa shape index (κ3) is 2.69. The van der Waals surface area contributed by atoms with Gasteiger partial charge < -0.3 is 4.74 Å². The maximum absolute atomic E-state index is 13.1. The molecular weight excluding hydrogens is 297 g/mol. The Hall–Kier alpha value is -1.86. The molecule has 2 rings (SSSR count). The highest BCUT2D eigenvalue weighted by Gasteiger charge is 2.06. The number of ether oxygens (including phenoxy) is 1. The molecule has 90 valence electrons. The van der Waals surface area contributed by atoms with Crippen LogP contribution < -0.4 is 4.74 Å². The van der Waals surface area contributed by atoms with E-state index in [0.29, 0.717) is 22.6 Å². The minimum absolute atomic E-state index is 0.279. The first kappa shape index (κ1) is 12.6. The first-order chi connectivity index (χ1) is 8.60. The van der Waals surface area contributed by atoms with Crippen LogP contribution in [0.1, 0.15) is 11.1 Å². The molecular formula is C14H9BrFNO. The number of hydrogen-bond acceptors (Lipinski definition) is 2. The van der Waals surface area contributed by atoms with Crippen LogP contribution in [0.2, 0.25) is 0 Å². The van der Waals surface area contributed by atoms with Crippen LogP contribution in [0.5, 0.6) is 11.5 Å². The first-order valence-electron chi connectivity index (χ1n) is 5.24. The van der Waals surface area contributed by atoms with Gasteiger partial charge in [-0.05, 0) is 48.9 Å². The van der Waals surface area contributed by atoms with E-state index >= 15 is 0 Å². The third-order valence-corrected chi connectivity index (χ3v) is 2.91. The van der Waals surface area contributed by atoms with Gasteiger partial charge in [0.1, 0.15) is 23.4 Å². The summed E-state index contributed by atoms with van der Waals surface area (Å²) in [5, 5.41) is 9.01. The zero-order valence-electron chi connectivity index (χ0n) is 9.58. The van der Waals surface area contributed by atoms with Crippen LogP contribution in [0, 0.1) is 24.1 Å². The second-order valence-corrected chi connectivity index (χ2v) is 4.68. The Balaban J connectivity index is 2.34. The highest BCUT2D eigenvalue weighted by Crippen LogP contribution is 2.28. The van der Waals surface area contributed by atoms with E-state index in [9.17, 15) is 4.39 Å². The second-order valence-electron chi connectivity index (χ2n) is 3.77. The van der Waals surface area contributed by atoms with Crippen LogP contribution in [0.15, 0.2) is 40.9 Å². The highest BCUT2D eigenvalue weighted by molar-refractivity contribution is 9.10. The molecule has 0 bridgehead atoms. The van der Waals surface area contributed by atoms with Crippen LogP contribution >= 0.6 is 15.9 Å².